The predicted octanol–water partition coefficient (Wildman–Crippen LogP) is 6.12. The van der Waals surface area contributed by atoms with Gasteiger partial charge in [-0.05, 0) is 100 Å². The van der Waals surface area contributed by atoms with Gasteiger partial charge in [-0.25, -0.2) is 0 Å². The number of aryl methyl sites for hydroxylation is 1. The van der Waals surface area contributed by atoms with E-state index < -0.39 is 0 Å². The molecule has 2 fully saturated rings. The Bertz CT molecular complexity index is 1210. The van der Waals surface area contributed by atoms with Gasteiger partial charge in [0, 0.05) is 48.0 Å². The van der Waals surface area contributed by atoms with Crippen molar-refractivity contribution in [2.75, 3.05) is 23.3 Å². The highest BCUT2D eigenvalue weighted by Gasteiger charge is 2.44. The van der Waals surface area contributed by atoms with Crippen LogP contribution in [0.4, 0.5) is 11.4 Å². The summed E-state index contributed by atoms with van der Waals surface area (Å²) in [6.07, 6.45) is 6.96. The van der Waals surface area contributed by atoms with Gasteiger partial charge in [-0.15, -0.1) is 0 Å². The molecule has 35 heavy (non-hydrogen) atoms. The van der Waals surface area contributed by atoms with Crippen LogP contribution in [0.3, 0.4) is 0 Å². The first-order valence-electron chi connectivity index (χ1n) is 12.4. The zero-order valence-electron chi connectivity index (χ0n) is 21.1. The van der Waals surface area contributed by atoms with E-state index in [-0.39, 0.29) is 11.4 Å². The monoisotopic (exact) mass is 489 g/mol. The van der Waals surface area contributed by atoms with Gasteiger partial charge in [0.2, 0.25) is 0 Å². The van der Waals surface area contributed by atoms with Crippen molar-refractivity contribution in [3.63, 3.8) is 0 Å². The van der Waals surface area contributed by atoms with Crippen LogP contribution in [0.25, 0.3) is 11.3 Å². The second kappa shape index (κ2) is 9.36. The van der Waals surface area contributed by atoms with Crippen molar-refractivity contribution in [2.45, 2.75) is 56.9 Å². The van der Waals surface area contributed by atoms with Crippen LogP contribution in [0.2, 0.25) is 0 Å². The number of rotatable bonds is 6. The molecule has 1 aromatic heterocycles. The number of nitrogens with one attached hydrogen (secondary N) is 2. The number of aromatic nitrogens is 2. The molecule has 2 aromatic carbocycles. The Balaban J connectivity index is 1.40. The molecule has 1 amide bonds. The van der Waals surface area contributed by atoms with Crippen LogP contribution in [0.5, 0.6) is 0 Å². The largest absolute Gasteiger partial charge is 0.371 e. The molecule has 1 saturated heterocycles. The Morgan fingerprint density at radius 1 is 1.03 bits per heavy atom. The van der Waals surface area contributed by atoms with E-state index in [0.717, 1.165) is 40.6 Å². The van der Waals surface area contributed by atoms with Crippen LogP contribution >= 0.6 is 11.9 Å². The molecule has 0 bridgehead atoms. The van der Waals surface area contributed by atoms with Crippen LogP contribution < -0.4 is 14.9 Å². The molecule has 0 unspecified atom stereocenters. The molecule has 184 valence electrons. The van der Waals surface area contributed by atoms with E-state index in [2.05, 4.69) is 52.9 Å². The van der Waals surface area contributed by atoms with Crippen molar-refractivity contribution in [3.8, 4) is 11.3 Å². The van der Waals surface area contributed by atoms with Crippen LogP contribution in [0, 0.1) is 5.41 Å². The van der Waals surface area contributed by atoms with Crippen LogP contribution in [0.15, 0.2) is 59.6 Å². The molecule has 1 spiro atoms. The fourth-order valence-electron chi connectivity index (χ4n) is 4.75. The molecule has 3 aromatic rings. The Morgan fingerprint density at radius 3 is 2.46 bits per heavy atom. The Kier molecular flexibility index (Phi) is 6.40. The van der Waals surface area contributed by atoms with E-state index in [1.54, 1.807) is 11.9 Å². The minimum absolute atomic E-state index is 0.00191. The van der Waals surface area contributed by atoms with Gasteiger partial charge in [0.05, 0.1) is 16.9 Å². The third-order valence-electron chi connectivity index (χ3n) is 7.05. The van der Waals surface area contributed by atoms with E-state index in [4.69, 9.17) is 0 Å². The van der Waals surface area contributed by atoms with Gasteiger partial charge in [0.15, 0.2) is 0 Å². The van der Waals surface area contributed by atoms with Crippen LogP contribution in [0.1, 0.15) is 56.8 Å². The van der Waals surface area contributed by atoms with E-state index in [9.17, 15) is 4.79 Å². The lowest BCUT2D eigenvalue weighted by Crippen LogP contribution is -2.35. The Hall–Kier alpha value is -2.77. The van der Waals surface area contributed by atoms with Crippen molar-refractivity contribution in [2.24, 2.45) is 12.5 Å². The number of benzene rings is 2. The van der Waals surface area contributed by atoms with Crippen molar-refractivity contribution in [1.82, 2.24) is 14.5 Å². The molecule has 0 atom stereocenters. The lowest BCUT2D eigenvalue weighted by atomic mass is 9.92. The fourth-order valence-corrected chi connectivity index (χ4v) is 5.50. The predicted molar refractivity (Wildman–Crippen MR) is 145 cm³/mol. The SMILES string of the molecule is Cn1nccc1-c1ccc(C(=O)Nc2cccc(SNC(C)(C)C)c2)c(N2CCC3(CC2)CC3)c1. The topological polar surface area (TPSA) is 62.2 Å². The summed E-state index contributed by atoms with van der Waals surface area (Å²) >= 11 is 1.58. The number of nitrogens with zero attached hydrogens (tertiary/aromatic N) is 3. The lowest BCUT2D eigenvalue weighted by Gasteiger charge is -2.35. The second-order valence-electron chi connectivity index (χ2n) is 11.0. The van der Waals surface area contributed by atoms with Gasteiger partial charge in [-0.3, -0.25) is 14.2 Å². The standard InChI is InChI=1S/C28H35N5OS/c1-27(2,3)31-35-22-7-5-6-21(19-22)30-26(34)23-9-8-20(24-10-15-29-32(24)4)18-25(23)33-16-13-28(11-12-28)14-17-33/h5-10,15,18-19,31H,11-14,16-17H2,1-4H3,(H,30,34). The maximum absolute atomic E-state index is 13.5. The smallest absolute Gasteiger partial charge is 0.257 e. The molecule has 2 heterocycles. The molecule has 1 aliphatic heterocycles. The quantitative estimate of drug-likeness (QED) is 0.409. The number of hydrogen-bond donors (Lipinski definition) is 2. The summed E-state index contributed by atoms with van der Waals surface area (Å²) in [6.45, 7) is 8.40. The third kappa shape index (κ3) is 5.57. The summed E-state index contributed by atoms with van der Waals surface area (Å²) in [4.78, 5) is 17.0. The molecule has 6 nitrogen and oxygen atoms in total. The van der Waals surface area contributed by atoms with Crippen molar-refractivity contribution < 1.29 is 4.79 Å². The number of piperidine rings is 1. The molecule has 5 rings (SSSR count). The zero-order valence-corrected chi connectivity index (χ0v) is 21.9. The first-order chi connectivity index (χ1) is 16.7. The van der Waals surface area contributed by atoms with Gasteiger partial charge < -0.3 is 10.2 Å². The molecule has 2 N–H and O–H groups in total. The first kappa shape index (κ1) is 23.9. The number of carbonyl (C=O) groups excluding carboxylic acids is 1. The molecular formula is C28H35N5OS. The van der Waals surface area contributed by atoms with Crippen LogP contribution in [-0.4, -0.2) is 34.3 Å². The van der Waals surface area contributed by atoms with E-state index >= 15 is 0 Å². The normalized spacial score (nSPS) is 17.0. The highest BCUT2D eigenvalue weighted by Crippen LogP contribution is 2.54. The maximum atomic E-state index is 13.5. The van der Waals surface area contributed by atoms with E-state index in [1.807, 2.05) is 54.3 Å². The van der Waals surface area contributed by atoms with Crippen molar-refractivity contribution in [1.29, 1.82) is 0 Å². The van der Waals surface area contributed by atoms with E-state index in [1.165, 1.54) is 25.7 Å². The summed E-state index contributed by atoms with van der Waals surface area (Å²) < 4.78 is 5.31. The molecule has 7 heteroatoms. The number of anilines is 2. The average molecular weight is 490 g/mol. The van der Waals surface area contributed by atoms with Gasteiger partial charge >= 0.3 is 0 Å². The molecule has 0 radical (unpaired) electrons. The molecule has 1 saturated carbocycles. The minimum atomic E-state index is -0.0748. The van der Waals surface area contributed by atoms with Gasteiger partial charge in [0.25, 0.3) is 5.91 Å². The minimum Gasteiger partial charge on any atom is -0.371 e. The zero-order chi connectivity index (χ0) is 24.6. The molecule has 1 aliphatic carbocycles. The Labute approximate surface area is 212 Å². The van der Waals surface area contributed by atoms with Gasteiger partial charge in [0.1, 0.15) is 0 Å². The van der Waals surface area contributed by atoms with E-state index in [0.29, 0.717) is 11.0 Å². The summed E-state index contributed by atoms with van der Waals surface area (Å²) in [6, 6.07) is 16.2. The number of carbonyl (C=O) groups is 1. The number of hydrogen-bond acceptors (Lipinski definition) is 5. The highest BCUT2D eigenvalue weighted by molar-refractivity contribution is 7.97. The van der Waals surface area contributed by atoms with Gasteiger partial charge in [-0.2, -0.15) is 5.10 Å². The highest BCUT2D eigenvalue weighted by atomic mass is 32.2. The van der Waals surface area contributed by atoms with Crippen molar-refractivity contribution in [3.05, 3.63) is 60.3 Å². The molecule has 2 aliphatic rings. The third-order valence-corrected chi connectivity index (χ3v) is 8.25. The average Bonchev–Trinajstić information content (AvgIpc) is 3.44. The first-order valence-corrected chi connectivity index (χ1v) is 13.3. The summed E-state index contributed by atoms with van der Waals surface area (Å²) in [7, 11) is 1.95. The fraction of sp³-hybridized carbons (Fsp3) is 0.429. The van der Waals surface area contributed by atoms with Crippen LogP contribution in [-0.2, 0) is 7.05 Å². The summed E-state index contributed by atoms with van der Waals surface area (Å²) in [5.74, 6) is -0.0748. The second-order valence-corrected chi connectivity index (χ2v) is 11.9. The summed E-state index contributed by atoms with van der Waals surface area (Å²) in [5.41, 5.74) is 5.23. The molecular weight excluding hydrogens is 454 g/mol. The Morgan fingerprint density at radius 2 is 1.80 bits per heavy atom. The lowest BCUT2D eigenvalue weighted by molar-refractivity contribution is 0.102. The van der Waals surface area contributed by atoms with Crippen molar-refractivity contribution >= 4 is 29.2 Å². The van der Waals surface area contributed by atoms with Gasteiger partial charge in [-0.1, -0.05) is 12.1 Å². The maximum Gasteiger partial charge on any atom is 0.257 e. The summed E-state index contributed by atoms with van der Waals surface area (Å²) in [5, 5.41) is 7.48. The number of amides is 1.